The summed E-state index contributed by atoms with van der Waals surface area (Å²) in [5.41, 5.74) is 0. The molecule has 1 aromatic rings. The van der Waals surface area contributed by atoms with E-state index in [2.05, 4.69) is 36.6 Å². The molecule has 2 atom stereocenters. The standard InChI is InChI=1S/C13H20N2OS2/c1-9(7-11-4-3-10(2)18-11)15-13(16)12-8-17-6-5-14-12/h3-4,9,12,14H,5-8H2,1-2H3,(H,15,16). The summed E-state index contributed by atoms with van der Waals surface area (Å²) >= 11 is 3.65. The van der Waals surface area contributed by atoms with Crippen LogP contribution in [0.3, 0.4) is 0 Å². The number of carbonyl (C=O) groups excluding carboxylic acids is 1. The fraction of sp³-hybridized carbons (Fsp3) is 0.615. The van der Waals surface area contributed by atoms with Gasteiger partial charge in [-0.2, -0.15) is 11.8 Å². The Balaban J connectivity index is 1.79. The molecule has 5 heteroatoms. The molecule has 0 saturated carbocycles. The predicted octanol–water partition coefficient (Wildman–Crippen LogP) is 1.81. The largest absolute Gasteiger partial charge is 0.352 e. The average Bonchev–Trinajstić information content (AvgIpc) is 2.75. The number of thiophene rings is 1. The first-order valence-electron chi connectivity index (χ1n) is 6.32. The molecule has 18 heavy (non-hydrogen) atoms. The molecular weight excluding hydrogens is 264 g/mol. The van der Waals surface area contributed by atoms with Crippen molar-refractivity contribution in [3.8, 4) is 0 Å². The molecule has 3 nitrogen and oxygen atoms in total. The maximum Gasteiger partial charge on any atom is 0.238 e. The normalized spacial score (nSPS) is 21.6. The van der Waals surface area contributed by atoms with Gasteiger partial charge in [-0.15, -0.1) is 11.3 Å². The Morgan fingerprint density at radius 1 is 1.61 bits per heavy atom. The van der Waals surface area contributed by atoms with Crippen molar-refractivity contribution in [2.45, 2.75) is 32.4 Å². The molecule has 0 bridgehead atoms. The Morgan fingerprint density at radius 3 is 3.06 bits per heavy atom. The summed E-state index contributed by atoms with van der Waals surface area (Å²) in [6.07, 6.45) is 0.921. The lowest BCUT2D eigenvalue weighted by molar-refractivity contribution is -0.123. The third kappa shape index (κ3) is 4.00. The number of hydrogen-bond acceptors (Lipinski definition) is 4. The molecule has 0 spiro atoms. The van der Waals surface area contributed by atoms with Gasteiger partial charge in [0, 0.05) is 40.3 Å². The zero-order valence-corrected chi connectivity index (χ0v) is 12.5. The van der Waals surface area contributed by atoms with Crippen molar-refractivity contribution in [2.24, 2.45) is 0 Å². The van der Waals surface area contributed by atoms with E-state index >= 15 is 0 Å². The van der Waals surface area contributed by atoms with Gasteiger partial charge >= 0.3 is 0 Å². The van der Waals surface area contributed by atoms with Crippen LogP contribution >= 0.6 is 23.1 Å². The summed E-state index contributed by atoms with van der Waals surface area (Å²) in [4.78, 5) is 14.7. The van der Waals surface area contributed by atoms with Crippen LogP contribution in [0, 0.1) is 6.92 Å². The van der Waals surface area contributed by atoms with E-state index < -0.39 is 0 Å². The molecule has 0 aliphatic carbocycles. The highest BCUT2D eigenvalue weighted by Crippen LogP contribution is 2.16. The molecule has 1 amide bonds. The molecule has 1 fully saturated rings. The summed E-state index contributed by atoms with van der Waals surface area (Å²) in [7, 11) is 0. The summed E-state index contributed by atoms with van der Waals surface area (Å²) in [5, 5.41) is 6.36. The first-order valence-corrected chi connectivity index (χ1v) is 8.29. The molecule has 1 saturated heterocycles. The van der Waals surface area contributed by atoms with Crippen LogP contribution in [0.1, 0.15) is 16.7 Å². The van der Waals surface area contributed by atoms with Crippen molar-refractivity contribution in [3.63, 3.8) is 0 Å². The molecule has 1 aromatic heterocycles. The van der Waals surface area contributed by atoms with Gasteiger partial charge in [0.1, 0.15) is 0 Å². The number of thioether (sulfide) groups is 1. The molecular formula is C13H20N2OS2. The number of aryl methyl sites for hydroxylation is 1. The molecule has 2 heterocycles. The minimum Gasteiger partial charge on any atom is -0.352 e. The highest BCUT2D eigenvalue weighted by Gasteiger charge is 2.22. The monoisotopic (exact) mass is 284 g/mol. The zero-order chi connectivity index (χ0) is 13.0. The summed E-state index contributed by atoms with van der Waals surface area (Å²) < 4.78 is 0. The minimum atomic E-state index is -0.0173. The van der Waals surface area contributed by atoms with Gasteiger partial charge in [0.25, 0.3) is 0 Å². The van der Waals surface area contributed by atoms with Crippen LogP contribution < -0.4 is 10.6 Å². The van der Waals surface area contributed by atoms with Crippen LogP contribution in [0.25, 0.3) is 0 Å². The van der Waals surface area contributed by atoms with E-state index in [-0.39, 0.29) is 18.0 Å². The lowest BCUT2D eigenvalue weighted by Gasteiger charge is -2.24. The Morgan fingerprint density at radius 2 is 2.44 bits per heavy atom. The molecule has 2 unspecified atom stereocenters. The quantitative estimate of drug-likeness (QED) is 0.886. The lowest BCUT2D eigenvalue weighted by Crippen LogP contribution is -2.51. The fourth-order valence-corrected chi connectivity index (χ4v) is 3.98. The van der Waals surface area contributed by atoms with Crippen LogP contribution in [-0.2, 0) is 11.2 Å². The third-order valence-electron chi connectivity index (χ3n) is 2.93. The number of carbonyl (C=O) groups is 1. The maximum absolute atomic E-state index is 12.0. The number of rotatable bonds is 4. The smallest absolute Gasteiger partial charge is 0.238 e. The van der Waals surface area contributed by atoms with Gasteiger partial charge < -0.3 is 10.6 Å². The van der Waals surface area contributed by atoms with E-state index in [9.17, 15) is 4.79 Å². The second-order valence-corrected chi connectivity index (χ2v) is 7.23. The molecule has 1 aliphatic heterocycles. The van der Waals surface area contributed by atoms with Crippen molar-refractivity contribution < 1.29 is 4.79 Å². The van der Waals surface area contributed by atoms with Gasteiger partial charge in [0.15, 0.2) is 0 Å². The first-order chi connectivity index (χ1) is 8.65. The predicted molar refractivity (Wildman–Crippen MR) is 79.5 cm³/mol. The molecule has 2 rings (SSSR count). The Bertz CT molecular complexity index is 399. The maximum atomic E-state index is 12.0. The molecule has 0 aromatic carbocycles. The third-order valence-corrected chi connectivity index (χ3v) is 5.02. The number of hydrogen-bond donors (Lipinski definition) is 2. The second-order valence-electron chi connectivity index (χ2n) is 4.71. The van der Waals surface area contributed by atoms with Gasteiger partial charge in [0.2, 0.25) is 5.91 Å². The van der Waals surface area contributed by atoms with Crippen LogP contribution in [0.5, 0.6) is 0 Å². The molecule has 0 radical (unpaired) electrons. The van der Waals surface area contributed by atoms with Crippen LogP contribution in [-0.4, -0.2) is 36.0 Å². The SMILES string of the molecule is Cc1ccc(CC(C)NC(=O)C2CSCCN2)s1. The first kappa shape index (κ1) is 13.9. The second kappa shape index (κ2) is 6.59. The van der Waals surface area contributed by atoms with Crippen molar-refractivity contribution in [2.75, 3.05) is 18.1 Å². The van der Waals surface area contributed by atoms with Crippen molar-refractivity contribution in [1.82, 2.24) is 10.6 Å². The summed E-state index contributed by atoms with van der Waals surface area (Å²) in [5.74, 6) is 2.13. The molecule has 2 N–H and O–H groups in total. The van der Waals surface area contributed by atoms with E-state index in [0.717, 1.165) is 24.5 Å². The van der Waals surface area contributed by atoms with Gasteiger partial charge in [-0.3, -0.25) is 4.79 Å². The Labute approximate surface area is 117 Å². The zero-order valence-electron chi connectivity index (χ0n) is 10.9. The molecule has 1 aliphatic rings. The van der Waals surface area contributed by atoms with E-state index in [1.165, 1.54) is 9.75 Å². The fourth-order valence-electron chi connectivity index (χ4n) is 2.02. The van der Waals surface area contributed by atoms with Gasteiger partial charge in [-0.05, 0) is 26.0 Å². The number of nitrogens with one attached hydrogen (secondary N) is 2. The van der Waals surface area contributed by atoms with Crippen molar-refractivity contribution >= 4 is 29.0 Å². The van der Waals surface area contributed by atoms with E-state index in [1.807, 2.05) is 23.1 Å². The van der Waals surface area contributed by atoms with Gasteiger partial charge in [-0.25, -0.2) is 0 Å². The van der Waals surface area contributed by atoms with Gasteiger partial charge in [-0.1, -0.05) is 0 Å². The van der Waals surface area contributed by atoms with Gasteiger partial charge in [0.05, 0.1) is 6.04 Å². The Hall–Kier alpha value is -0.520. The molecule has 100 valence electrons. The van der Waals surface area contributed by atoms with E-state index in [4.69, 9.17) is 0 Å². The van der Waals surface area contributed by atoms with E-state index in [1.54, 1.807) is 0 Å². The minimum absolute atomic E-state index is 0.0173. The lowest BCUT2D eigenvalue weighted by atomic mass is 10.2. The van der Waals surface area contributed by atoms with Crippen molar-refractivity contribution in [1.29, 1.82) is 0 Å². The van der Waals surface area contributed by atoms with Crippen LogP contribution in [0.2, 0.25) is 0 Å². The highest BCUT2D eigenvalue weighted by atomic mass is 32.2. The highest BCUT2D eigenvalue weighted by molar-refractivity contribution is 7.99. The average molecular weight is 284 g/mol. The van der Waals surface area contributed by atoms with Crippen LogP contribution in [0.4, 0.5) is 0 Å². The van der Waals surface area contributed by atoms with Crippen LogP contribution in [0.15, 0.2) is 12.1 Å². The summed E-state index contributed by atoms with van der Waals surface area (Å²) in [6.45, 7) is 5.12. The Kier molecular flexibility index (Phi) is 5.09. The van der Waals surface area contributed by atoms with E-state index in [0.29, 0.717) is 0 Å². The summed E-state index contributed by atoms with van der Waals surface area (Å²) in [6, 6.07) is 4.46. The van der Waals surface area contributed by atoms with Crippen molar-refractivity contribution in [3.05, 3.63) is 21.9 Å². The topological polar surface area (TPSA) is 41.1 Å². The number of amides is 1.